The minimum Gasteiger partial charge on any atom is -0.481 e. The Hall–Kier alpha value is -0.580. The molecule has 0 aromatic carbocycles. The van der Waals surface area contributed by atoms with E-state index in [2.05, 4.69) is 0 Å². The molecular formula is C9H9ClO3S. The molecule has 0 radical (unpaired) electrons. The highest BCUT2D eigenvalue weighted by Gasteiger charge is 2.52. The highest BCUT2D eigenvalue weighted by molar-refractivity contribution is 7.10. The zero-order chi connectivity index (χ0) is 10.3. The fraction of sp³-hybridized carbons (Fsp3) is 0.444. The predicted molar refractivity (Wildman–Crippen MR) is 53.9 cm³/mol. The molecule has 1 aromatic heterocycles. The van der Waals surface area contributed by atoms with E-state index in [0.717, 1.165) is 4.88 Å². The van der Waals surface area contributed by atoms with Gasteiger partial charge >= 0.3 is 5.97 Å². The van der Waals surface area contributed by atoms with Crippen molar-refractivity contribution in [2.75, 3.05) is 0 Å². The summed E-state index contributed by atoms with van der Waals surface area (Å²) < 4.78 is 0. The Balaban J connectivity index is 2.34. The first-order valence-electron chi connectivity index (χ1n) is 4.20. The summed E-state index contributed by atoms with van der Waals surface area (Å²) in [5, 5.41) is 20.6. The molecule has 5 heteroatoms. The summed E-state index contributed by atoms with van der Waals surface area (Å²) in [6, 6.07) is 1.67. The molecule has 0 saturated heterocycles. The molecule has 1 aliphatic carbocycles. The van der Waals surface area contributed by atoms with E-state index in [1.54, 1.807) is 11.4 Å². The van der Waals surface area contributed by atoms with Gasteiger partial charge in [0, 0.05) is 10.3 Å². The zero-order valence-corrected chi connectivity index (χ0v) is 8.81. The Morgan fingerprint density at radius 3 is 2.64 bits per heavy atom. The van der Waals surface area contributed by atoms with Crippen molar-refractivity contribution in [1.29, 1.82) is 0 Å². The van der Waals surface area contributed by atoms with E-state index in [1.165, 1.54) is 11.3 Å². The Kier molecular flexibility index (Phi) is 2.29. The fourth-order valence-corrected chi connectivity index (χ4v) is 3.08. The van der Waals surface area contributed by atoms with Crippen LogP contribution >= 0.6 is 22.9 Å². The summed E-state index contributed by atoms with van der Waals surface area (Å²) in [7, 11) is 0. The highest BCUT2D eigenvalue weighted by atomic mass is 35.5. The molecule has 76 valence electrons. The van der Waals surface area contributed by atoms with Crippen LogP contribution < -0.4 is 0 Å². The second-order valence-electron chi connectivity index (χ2n) is 3.58. The molecule has 1 aromatic rings. The summed E-state index contributed by atoms with van der Waals surface area (Å²) in [6.07, 6.45) is 0.0882. The number of aliphatic hydroxyl groups excluding tert-OH is 1. The van der Waals surface area contributed by atoms with Crippen LogP contribution in [-0.2, 0) is 10.2 Å². The minimum atomic E-state index is -0.892. The summed E-state index contributed by atoms with van der Waals surface area (Å²) >= 11 is 7.08. The van der Waals surface area contributed by atoms with Crippen LogP contribution in [0.2, 0.25) is 5.02 Å². The van der Waals surface area contributed by atoms with Gasteiger partial charge in [-0.05, 0) is 18.9 Å². The standard InChI is InChI=1S/C9H9ClO3S/c10-5-1-7(14-4-5)9(8(12)13)2-6(11)3-9/h1,4,6,11H,2-3H2,(H,12,13). The maximum Gasteiger partial charge on any atom is 0.315 e. The minimum absolute atomic E-state index is 0.291. The van der Waals surface area contributed by atoms with Gasteiger partial charge in [0.1, 0.15) is 5.41 Å². The lowest BCUT2D eigenvalue weighted by atomic mass is 9.66. The lowest BCUT2D eigenvalue weighted by Gasteiger charge is -2.40. The first-order valence-corrected chi connectivity index (χ1v) is 5.46. The molecule has 1 fully saturated rings. The Labute approximate surface area is 89.9 Å². The molecule has 0 spiro atoms. The summed E-state index contributed by atoms with van der Waals surface area (Å²) in [5.74, 6) is -0.874. The normalized spacial score (nSPS) is 31.1. The van der Waals surface area contributed by atoms with Crippen molar-refractivity contribution in [2.24, 2.45) is 0 Å². The average Bonchev–Trinajstić information content (AvgIpc) is 2.45. The van der Waals surface area contributed by atoms with Crippen LogP contribution in [0.15, 0.2) is 11.4 Å². The molecule has 2 N–H and O–H groups in total. The number of carboxylic acid groups (broad SMARTS) is 1. The molecule has 0 unspecified atom stereocenters. The van der Waals surface area contributed by atoms with Crippen LogP contribution in [-0.4, -0.2) is 22.3 Å². The number of aliphatic carboxylic acids is 1. The molecular weight excluding hydrogens is 224 g/mol. The topological polar surface area (TPSA) is 57.5 Å². The van der Waals surface area contributed by atoms with Crippen molar-refractivity contribution >= 4 is 28.9 Å². The van der Waals surface area contributed by atoms with Crippen LogP contribution in [0, 0.1) is 0 Å². The van der Waals surface area contributed by atoms with E-state index < -0.39 is 17.5 Å². The maximum absolute atomic E-state index is 11.1. The second-order valence-corrected chi connectivity index (χ2v) is 4.93. The number of hydrogen-bond donors (Lipinski definition) is 2. The molecule has 2 rings (SSSR count). The molecule has 0 bridgehead atoms. The zero-order valence-electron chi connectivity index (χ0n) is 7.24. The number of halogens is 1. The molecule has 3 nitrogen and oxygen atoms in total. The first kappa shape index (κ1) is 9.96. The van der Waals surface area contributed by atoms with E-state index >= 15 is 0 Å². The molecule has 0 amide bonds. The van der Waals surface area contributed by atoms with Gasteiger partial charge in [-0.2, -0.15) is 0 Å². The van der Waals surface area contributed by atoms with Gasteiger partial charge in [-0.1, -0.05) is 11.6 Å². The second kappa shape index (κ2) is 3.22. The third-order valence-corrected chi connectivity index (χ3v) is 4.10. The lowest BCUT2D eigenvalue weighted by molar-refractivity contribution is -0.152. The van der Waals surface area contributed by atoms with Gasteiger partial charge in [-0.15, -0.1) is 11.3 Å². The van der Waals surface area contributed by atoms with Crippen LogP contribution in [0.3, 0.4) is 0 Å². The number of carbonyl (C=O) groups is 1. The van der Waals surface area contributed by atoms with Crippen LogP contribution in [0.1, 0.15) is 17.7 Å². The molecule has 0 atom stereocenters. The van der Waals surface area contributed by atoms with Gasteiger partial charge in [0.05, 0.1) is 11.1 Å². The van der Waals surface area contributed by atoms with E-state index in [1.807, 2.05) is 0 Å². The van der Waals surface area contributed by atoms with Crippen LogP contribution in [0.25, 0.3) is 0 Å². The van der Waals surface area contributed by atoms with E-state index in [-0.39, 0.29) is 0 Å². The average molecular weight is 233 g/mol. The van der Waals surface area contributed by atoms with Crippen molar-refractivity contribution in [3.05, 3.63) is 21.3 Å². The largest absolute Gasteiger partial charge is 0.481 e. The number of hydrogen-bond acceptors (Lipinski definition) is 3. The van der Waals surface area contributed by atoms with Gasteiger partial charge in [0.15, 0.2) is 0 Å². The summed E-state index contributed by atoms with van der Waals surface area (Å²) in [5.41, 5.74) is -0.892. The van der Waals surface area contributed by atoms with Crippen molar-refractivity contribution in [2.45, 2.75) is 24.4 Å². The third-order valence-electron chi connectivity index (χ3n) is 2.62. The Morgan fingerprint density at radius 1 is 1.64 bits per heavy atom. The van der Waals surface area contributed by atoms with Crippen molar-refractivity contribution in [3.8, 4) is 0 Å². The van der Waals surface area contributed by atoms with E-state index in [0.29, 0.717) is 17.9 Å². The van der Waals surface area contributed by atoms with Crippen LogP contribution in [0.5, 0.6) is 0 Å². The quantitative estimate of drug-likeness (QED) is 0.819. The number of rotatable bonds is 2. The molecule has 14 heavy (non-hydrogen) atoms. The molecule has 1 aliphatic rings. The van der Waals surface area contributed by atoms with Gasteiger partial charge in [-0.3, -0.25) is 4.79 Å². The summed E-state index contributed by atoms with van der Waals surface area (Å²) in [4.78, 5) is 11.8. The number of thiophene rings is 1. The SMILES string of the molecule is O=C(O)C1(c2cc(Cl)cs2)CC(O)C1. The molecule has 1 saturated carbocycles. The number of carboxylic acids is 1. The summed E-state index contributed by atoms with van der Waals surface area (Å²) in [6.45, 7) is 0. The van der Waals surface area contributed by atoms with Crippen molar-refractivity contribution in [1.82, 2.24) is 0 Å². The lowest BCUT2D eigenvalue weighted by Crippen LogP contribution is -2.50. The number of aliphatic hydroxyl groups is 1. The van der Waals surface area contributed by atoms with Gasteiger partial charge in [0.2, 0.25) is 0 Å². The van der Waals surface area contributed by atoms with Crippen LogP contribution in [0.4, 0.5) is 0 Å². The molecule has 1 heterocycles. The Morgan fingerprint density at radius 2 is 2.29 bits per heavy atom. The van der Waals surface area contributed by atoms with Gasteiger partial charge < -0.3 is 10.2 Å². The van der Waals surface area contributed by atoms with Crippen molar-refractivity contribution < 1.29 is 15.0 Å². The third kappa shape index (κ3) is 1.34. The highest BCUT2D eigenvalue weighted by Crippen LogP contribution is 2.47. The molecule has 0 aliphatic heterocycles. The monoisotopic (exact) mass is 232 g/mol. The van der Waals surface area contributed by atoms with Gasteiger partial charge in [-0.25, -0.2) is 0 Å². The Bertz CT molecular complexity index is 368. The first-order chi connectivity index (χ1) is 6.54. The fourth-order valence-electron chi connectivity index (χ4n) is 1.79. The van der Waals surface area contributed by atoms with Gasteiger partial charge in [0.25, 0.3) is 0 Å². The van der Waals surface area contributed by atoms with E-state index in [9.17, 15) is 9.90 Å². The van der Waals surface area contributed by atoms with Crippen molar-refractivity contribution in [3.63, 3.8) is 0 Å². The van der Waals surface area contributed by atoms with E-state index in [4.69, 9.17) is 16.7 Å². The maximum atomic E-state index is 11.1. The smallest absolute Gasteiger partial charge is 0.315 e. The predicted octanol–water partition coefficient (Wildman–Crippen LogP) is 1.88.